The van der Waals surface area contributed by atoms with Crippen molar-refractivity contribution < 1.29 is 4.79 Å². The van der Waals surface area contributed by atoms with Gasteiger partial charge in [0.1, 0.15) is 0 Å². The summed E-state index contributed by atoms with van der Waals surface area (Å²) >= 11 is 1.43. The SMILES string of the molecule is CCCn1c(SCC(=O)N(C)C(C)c2ccccc2)nnc1-c1ccncc1. The number of aromatic nitrogens is 4. The van der Waals surface area contributed by atoms with E-state index in [0.717, 1.165) is 35.1 Å². The van der Waals surface area contributed by atoms with Gasteiger partial charge < -0.3 is 9.47 Å². The highest BCUT2D eigenvalue weighted by atomic mass is 32.2. The standard InChI is InChI=1S/C21H25N5OS/c1-4-14-26-20(18-10-12-22-13-11-18)23-24-21(26)28-15-19(27)25(3)16(2)17-8-6-5-7-9-17/h5-13,16H,4,14-15H2,1-3H3. The molecule has 0 N–H and O–H groups in total. The number of carbonyl (C=O) groups excluding carboxylic acids is 1. The molecule has 0 spiro atoms. The van der Waals surface area contributed by atoms with E-state index in [-0.39, 0.29) is 11.9 Å². The molecule has 0 aliphatic rings. The molecular formula is C21H25N5OS. The third-order valence-electron chi connectivity index (χ3n) is 4.68. The van der Waals surface area contributed by atoms with E-state index in [1.165, 1.54) is 11.8 Å². The van der Waals surface area contributed by atoms with E-state index in [2.05, 4.69) is 26.7 Å². The summed E-state index contributed by atoms with van der Waals surface area (Å²) in [7, 11) is 1.85. The number of hydrogen-bond donors (Lipinski definition) is 0. The van der Waals surface area contributed by atoms with Gasteiger partial charge in [-0.3, -0.25) is 9.78 Å². The largest absolute Gasteiger partial charge is 0.338 e. The molecule has 0 radical (unpaired) electrons. The lowest BCUT2D eigenvalue weighted by Crippen LogP contribution is -2.31. The van der Waals surface area contributed by atoms with Crippen molar-refractivity contribution in [3.05, 3.63) is 60.4 Å². The van der Waals surface area contributed by atoms with E-state index >= 15 is 0 Å². The second-order valence-electron chi connectivity index (χ2n) is 6.57. The highest BCUT2D eigenvalue weighted by Gasteiger charge is 2.20. The van der Waals surface area contributed by atoms with Gasteiger partial charge in [0.25, 0.3) is 0 Å². The predicted octanol–water partition coefficient (Wildman–Crippen LogP) is 4.06. The number of nitrogens with zero attached hydrogens (tertiary/aromatic N) is 5. The van der Waals surface area contributed by atoms with Crippen LogP contribution in [-0.4, -0.2) is 43.4 Å². The second kappa shape index (κ2) is 9.50. The van der Waals surface area contributed by atoms with Crippen LogP contribution in [0.2, 0.25) is 0 Å². The van der Waals surface area contributed by atoms with Crippen molar-refractivity contribution in [1.82, 2.24) is 24.6 Å². The van der Waals surface area contributed by atoms with Crippen molar-refractivity contribution in [2.75, 3.05) is 12.8 Å². The predicted molar refractivity (Wildman–Crippen MR) is 112 cm³/mol. The highest BCUT2D eigenvalue weighted by Crippen LogP contribution is 2.25. The number of benzene rings is 1. The van der Waals surface area contributed by atoms with E-state index in [1.54, 1.807) is 17.3 Å². The molecule has 1 amide bonds. The van der Waals surface area contributed by atoms with Crippen LogP contribution < -0.4 is 0 Å². The quantitative estimate of drug-likeness (QED) is 0.538. The third kappa shape index (κ3) is 4.59. The van der Waals surface area contributed by atoms with Crippen molar-refractivity contribution >= 4 is 17.7 Å². The summed E-state index contributed by atoms with van der Waals surface area (Å²) in [6.45, 7) is 4.96. The number of hydrogen-bond acceptors (Lipinski definition) is 5. The molecule has 2 aromatic heterocycles. The molecule has 0 saturated carbocycles. The number of rotatable bonds is 8. The molecule has 0 saturated heterocycles. The molecule has 1 unspecified atom stereocenters. The van der Waals surface area contributed by atoms with Crippen LogP contribution >= 0.6 is 11.8 Å². The Morgan fingerprint density at radius 1 is 1.14 bits per heavy atom. The molecule has 28 heavy (non-hydrogen) atoms. The maximum atomic E-state index is 12.7. The monoisotopic (exact) mass is 395 g/mol. The molecular weight excluding hydrogens is 370 g/mol. The summed E-state index contributed by atoms with van der Waals surface area (Å²) in [6, 6.07) is 13.9. The van der Waals surface area contributed by atoms with E-state index in [0.29, 0.717) is 5.75 Å². The Labute approximate surface area is 170 Å². The molecule has 2 heterocycles. The van der Waals surface area contributed by atoms with Gasteiger partial charge in [-0.25, -0.2) is 0 Å². The topological polar surface area (TPSA) is 63.9 Å². The Morgan fingerprint density at radius 2 is 1.86 bits per heavy atom. The average molecular weight is 396 g/mol. The minimum absolute atomic E-state index is 0.0233. The first-order valence-corrected chi connectivity index (χ1v) is 10.4. The summed E-state index contributed by atoms with van der Waals surface area (Å²) in [6.07, 6.45) is 4.45. The van der Waals surface area contributed by atoms with Crippen molar-refractivity contribution in [2.45, 2.75) is 38.0 Å². The Balaban J connectivity index is 1.70. The fourth-order valence-corrected chi connectivity index (χ4v) is 3.82. The van der Waals surface area contributed by atoms with Gasteiger partial charge in [-0.15, -0.1) is 10.2 Å². The van der Waals surface area contributed by atoms with E-state index in [9.17, 15) is 4.79 Å². The Morgan fingerprint density at radius 3 is 2.54 bits per heavy atom. The molecule has 0 fully saturated rings. The lowest BCUT2D eigenvalue weighted by atomic mass is 10.1. The van der Waals surface area contributed by atoms with Crippen LogP contribution in [0, 0.1) is 0 Å². The third-order valence-corrected chi connectivity index (χ3v) is 5.64. The normalized spacial score (nSPS) is 12.0. The van der Waals surface area contributed by atoms with Crippen molar-refractivity contribution in [1.29, 1.82) is 0 Å². The first kappa shape index (κ1) is 20.1. The summed E-state index contributed by atoms with van der Waals surface area (Å²) < 4.78 is 2.08. The molecule has 3 rings (SSSR count). The summed E-state index contributed by atoms with van der Waals surface area (Å²) in [5.41, 5.74) is 2.10. The van der Waals surface area contributed by atoms with Crippen molar-refractivity contribution in [3.8, 4) is 11.4 Å². The van der Waals surface area contributed by atoms with Crippen molar-refractivity contribution in [3.63, 3.8) is 0 Å². The van der Waals surface area contributed by atoms with Crippen LogP contribution in [-0.2, 0) is 11.3 Å². The lowest BCUT2D eigenvalue weighted by molar-refractivity contribution is -0.128. The zero-order chi connectivity index (χ0) is 19.9. The van der Waals surface area contributed by atoms with E-state index in [1.807, 2.05) is 56.4 Å². The molecule has 7 heteroatoms. The van der Waals surface area contributed by atoms with Crippen LogP contribution in [0.4, 0.5) is 0 Å². The van der Waals surface area contributed by atoms with Crippen molar-refractivity contribution in [2.24, 2.45) is 0 Å². The lowest BCUT2D eigenvalue weighted by Gasteiger charge is -2.25. The fourth-order valence-electron chi connectivity index (χ4n) is 2.93. The zero-order valence-corrected chi connectivity index (χ0v) is 17.3. The Hall–Kier alpha value is -2.67. The van der Waals surface area contributed by atoms with Gasteiger partial charge in [0.2, 0.25) is 5.91 Å². The second-order valence-corrected chi connectivity index (χ2v) is 7.52. The van der Waals surface area contributed by atoms with Gasteiger partial charge in [-0.2, -0.15) is 0 Å². The highest BCUT2D eigenvalue weighted by molar-refractivity contribution is 7.99. The number of thioether (sulfide) groups is 1. The zero-order valence-electron chi connectivity index (χ0n) is 16.4. The minimum atomic E-state index is 0.0233. The Bertz CT molecular complexity index is 898. The number of amides is 1. The fraction of sp³-hybridized carbons (Fsp3) is 0.333. The summed E-state index contributed by atoms with van der Waals surface area (Å²) in [5.74, 6) is 1.20. The average Bonchev–Trinajstić information content (AvgIpc) is 3.15. The molecule has 0 aliphatic carbocycles. The van der Waals surface area contributed by atoms with Gasteiger partial charge >= 0.3 is 0 Å². The summed E-state index contributed by atoms with van der Waals surface area (Å²) in [5, 5.41) is 9.45. The van der Waals surface area contributed by atoms with Crippen LogP contribution in [0.15, 0.2) is 60.0 Å². The molecule has 146 valence electrons. The van der Waals surface area contributed by atoms with Gasteiger partial charge in [-0.1, -0.05) is 49.0 Å². The maximum absolute atomic E-state index is 12.7. The smallest absolute Gasteiger partial charge is 0.233 e. The summed E-state index contributed by atoms with van der Waals surface area (Å²) in [4.78, 5) is 18.6. The van der Waals surface area contributed by atoms with Crippen LogP contribution in [0.5, 0.6) is 0 Å². The van der Waals surface area contributed by atoms with Gasteiger partial charge in [-0.05, 0) is 31.0 Å². The molecule has 0 bridgehead atoms. The maximum Gasteiger partial charge on any atom is 0.233 e. The molecule has 6 nitrogen and oxygen atoms in total. The van der Waals surface area contributed by atoms with Crippen LogP contribution in [0.25, 0.3) is 11.4 Å². The number of carbonyl (C=O) groups is 1. The number of pyridine rings is 1. The van der Waals surface area contributed by atoms with Gasteiger partial charge in [0.15, 0.2) is 11.0 Å². The molecule has 3 aromatic rings. The molecule has 0 aliphatic heterocycles. The van der Waals surface area contributed by atoms with Crippen LogP contribution in [0.3, 0.4) is 0 Å². The first-order chi connectivity index (χ1) is 13.6. The van der Waals surface area contributed by atoms with E-state index < -0.39 is 0 Å². The molecule has 1 aromatic carbocycles. The van der Waals surface area contributed by atoms with Gasteiger partial charge in [0.05, 0.1) is 11.8 Å². The van der Waals surface area contributed by atoms with Crippen LogP contribution in [0.1, 0.15) is 31.9 Å². The minimum Gasteiger partial charge on any atom is -0.338 e. The van der Waals surface area contributed by atoms with Gasteiger partial charge in [0, 0.05) is 31.5 Å². The molecule has 1 atom stereocenters. The first-order valence-electron chi connectivity index (χ1n) is 9.38. The van der Waals surface area contributed by atoms with E-state index in [4.69, 9.17) is 0 Å². The Kier molecular flexibility index (Phi) is 6.81.